The van der Waals surface area contributed by atoms with Crippen molar-refractivity contribution in [2.75, 3.05) is 5.32 Å². The highest BCUT2D eigenvalue weighted by Gasteiger charge is 2.16. The zero-order chi connectivity index (χ0) is 14.9. The molecule has 5 heteroatoms. The summed E-state index contributed by atoms with van der Waals surface area (Å²) in [6.07, 6.45) is 1.53. The smallest absolute Gasteiger partial charge is 0.272 e. The van der Waals surface area contributed by atoms with Crippen molar-refractivity contribution in [3.63, 3.8) is 0 Å². The predicted octanol–water partition coefficient (Wildman–Crippen LogP) is 3.74. The molecule has 0 aliphatic rings. The van der Waals surface area contributed by atoms with Gasteiger partial charge in [0, 0.05) is 23.6 Å². The number of amides is 1. The number of hydrogen-bond donors (Lipinski definition) is 1. The molecule has 0 saturated heterocycles. The van der Waals surface area contributed by atoms with Crippen LogP contribution in [0.1, 0.15) is 21.7 Å². The predicted molar refractivity (Wildman–Crippen MR) is 74.6 cm³/mol. The molecule has 0 saturated carbocycles. The Morgan fingerprint density at radius 1 is 1.25 bits per heavy atom. The lowest BCUT2D eigenvalue weighted by atomic mass is 10.2. The lowest BCUT2D eigenvalue weighted by molar-refractivity contribution is 0.102. The first-order valence-electron chi connectivity index (χ1n) is 6.01. The van der Waals surface area contributed by atoms with Gasteiger partial charge in [0.2, 0.25) is 0 Å². The standard InChI is InChI=1S/C15H14F2N2O/c1-4-19-10(3)7-9(2)14(19)15(20)18-11-5-6-12(16)13(17)8-11/h4-8H,1H2,2-3H3,(H,18,20). The molecule has 0 aliphatic heterocycles. The highest BCUT2D eigenvalue weighted by molar-refractivity contribution is 6.04. The number of carbonyl (C=O) groups is 1. The van der Waals surface area contributed by atoms with Crippen LogP contribution in [0.5, 0.6) is 0 Å². The molecular formula is C15H14F2N2O. The van der Waals surface area contributed by atoms with Gasteiger partial charge in [0.15, 0.2) is 11.6 Å². The highest BCUT2D eigenvalue weighted by Crippen LogP contribution is 2.18. The molecule has 0 radical (unpaired) electrons. The number of anilines is 1. The molecule has 0 bridgehead atoms. The maximum Gasteiger partial charge on any atom is 0.272 e. The van der Waals surface area contributed by atoms with E-state index in [0.717, 1.165) is 23.4 Å². The van der Waals surface area contributed by atoms with E-state index in [2.05, 4.69) is 11.9 Å². The van der Waals surface area contributed by atoms with Gasteiger partial charge in [-0.2, -0.15) is 0 Å². The third-order valence-corrected chi connectivity index (χ3v) is 2.99. The van der Waals surface area contributed by atoms with Crippen molar-refractivity contribution in [2.45, 2.75) is 13.8 Å². The first-order chi connectivity index (χ1) is 9.43. The van der Waals surface area contributed by atoms with Crippen LogP contribution in [-0.2, 0) is 0 Å². The average molecular weight is 276 g/mol. The summed E-state index contributed by atoms with van der Waals surface area (Å²) in [5.41, 5.74) is 2.26. The fraction of sp³-hybridized carbons (Fsp3) is 0.133. The average Bonchev–Trinajstić information content (AvgIpc) is 2.68. The van der Waals surface area contributed by atoms with Crippen LogP contribution in [-0.4, -0.2) is 10.5 Å². The number of carbonyl (C=O) groups excluding carboxylic acids is 1. The lowest BCUT2D eigenvalue weighted by Crippen LogP contribution is -2.16. The lowest BCUT2D eigenvalue weighted by Gasteiger charge is -2.09. The summed E-state index contributed by atoms with van der Waals surface area (Å²) in [7, 11) is 0. The van der Waals surface area contributed by atoms with Crippen LogP contribution in [0.3, 0.4) is 0 Å². The maximum atomic E-state index is 13.1. The molecule has 1 heterocycles. The molecule has 2 rings (SSSR count). The molecule has 0 spiro atoms. The van der Waals surface area contributed by atoms with E-state index in [1.54, 1.807) is 11.5 Å². The summed E-state index contributed by atoms with van der Waals surface area (Å²) in [4.78, 5) is 12.2. The van der Waals surface area contributed by atoms with Gasteiger partial charge in [-0.3, -0.25) is 4.79 Å². The quantitative estimate of drug-likeness (QED) is 0.910. The van der Waals surface area contributed by atoms with Crippen LogP contribution < -0.4 is 5.32 Å². The second-order valence-electron chi connectivity index (χ2n) is 4.45. The zero-order valence-electron chi connectivity index (χ0n) is 11.2. The second kappa shape index (κ2) is 5.28. The first kappa shape index (κ1) is 14.0. The summed E-state index contributed by atoms with van der Waals surface area (Å²) in [5, 5.41) is 2.54. The van der Waals surface area contributed by atoms with Crippen molar-refractivity contribution in [3.05, 3.63) is 59.4 Å². The third kappa shape index (κ3) is 2.47. The van der Waals surface area contributed by atoms with E-state index in [0.29, 0.717) is 5.69 Å². The Hall–Kier alpha value is -2.43. The molecule has 2 aromatic rings. The minimum atomic E-state index is -1.00. The Kier molecular flexibility index (Phi) is 3.70. The molecule has 1 amide bonds. The molecule has 0 fully saturated rings. The van der Waals surface area contributed by atoms with Gasteiger partial charge in [-0.05, 0) is 37.6 Å². The summed E-state index contributed by atoms with van der Waals surface area (Å²) in [6, 6.07) is 5.06. The summed E-state index contributed by atoms with van der Waals surface area (Å²) in [6.45, 7) is 7.30. The van der Waals surface area contributed by atoms with Gasteiger partial charge in [0.1, 0.15) is 5.69 Å². The van der Waals surface area contributed by atoms with Crippen molar-refractivity contribution >= 4 is 17.8 Å². The molecule has 1 N–H and O–H groups in total. The van der Waals surface area contributed by atoms with Gasteiger partial charge >= 0.3 is 0 Å². The van der Waals surface area contributed by atoms with Gasteiger partial charge in [-0.15, -0.1) is 0 Å². The van der Waals surface area contributed by atoms with Crippen LogP contribution in [0.15, 0.2) is 30.8 Å². The SMILES string of the molecule is C=Cn1c(C)cc(C)c1C(=O)Nc1ccc(F)c(F)c1. The van der Waals surface area contributed by atoms with E-state index in [-0.39, 0.29) is 5.69 Å². The molecular weight excluding hydrogens is 262 g/mol. The number of rotatable bonds is 3. The largest absolute Gasteiger partial charge is 0.321 e. The minimum Gasteiger partial charge on any atom is -0.321 e. The topological polar surface area (TPSA) is 34.0 Å². The van der Waals surface area contributed by atoms with Crippen molar-refractivity contribution in [3.8, 4) is 0 Å². The number of halogens is 2. The first-order valence-corrected chi connectivity index (χ1v) is 6.01. The maximum absolute atomic E-state index is 13.1. The fourth-order valence-corrected chi connectivity index (χ4v) is 2.11. The van der Waals surface area contributed by atoms with Gasteiger partial charge in [-0.1, -0.05) is 6.58 Å². The van der Waals surface area contributed by atoms with Gasteiger partial charge in [0.25, 0.3) is 5.91 Å². The Labute approximate surface area is 115 Å². The van der Waals surface area contributed by atoms with E-state index in [1.807, 2.05) is 13.0 Å². The van der Waals surface area contributed by atoms with Crippen LogP contribution in [0.25, 0.3) is 6.20 Å². The molecule has 3 nitrogen and oxygen atoms in total. The molecule has 20 heavy (non-hydrogen) atoms. The number of hydrogen-bond acceptors (Lipinski definition) is 1. The second-order valence-corrected chi connectivity index (χ2v) is 4.45. The monoisotopic (exact) mass is 276 g/mol. The van der Waals surface area contributed by atoms with Crippen LogP contribution in [0.4, 0.5) is 14.5 Å². The van der Waals surface area contributed by atoms with E-state index >= 15 is 0 Å². The zero-order valence-corrected chi connectivity index (χ0v) is 11.2. The van der Waals surface area contributed by atoms with Crippen molar-refractivity contribution in [1.82, 2.24) is 4.57 Å². The van der Waals surface area contributed by atoms with Crippen molar-refractivity contribution in [2.24, 2.45) is 0 Å². The number of aryl methyl sites for hydroxylation is 2. The number of nitrogens with zero attached hydrogens (tertiary/aromatic N) is 1. The molecule has 1 aromatic carbocycles. The summed E-state index contributed by atoms with van der Waals surface area (Å²) < 4.78 is 27.6. The molecule has 0 atom stereocenters. The van der Waals surface area contributed by atoms with Gasteiger partial charge < -0.3 is 9.88 Å². The van der Waals surface area contributed by atoms with Gasteiger partial charge in [-0.25, -0.2) is 8.78 Å². The van der Waals surface area contributed by atoms with E-state index < -0.39 is 17.5 Å². The van der Waals surface area contributed by atoms with Crippen molar-refractivity contribution < 1.29 is 13.6 Å². The van der Waals surface area contributed by atoms with Crippen LogP contribution in [0.2, 0.25) is 0 Å². The Morgan fingerprint density at radius 2 is 1.95 bits per heavy atom. The van der Waals surface area contributed by atoms with Crippen molar-refractivity contribution in [1.29, 1.82) is 0 Å². The van der Waals surface area contributed by atoms with E-state index in [1.165, 1.54) is 12.3 Å². The molecule has 1 aromatic heterocycles. The minimum absolute atomic E-state index is 0.197. The third-order valence-electron chi connectivity index (χ3n) is 2.99. The number of nitrogens with one attached hydrogen (secondary N) is 1. The molecule has 104 valence electrons. The normalized spacial score (nSPS) is 10.4. The van der Waals surface area contributed by atoms with Crippen LogP contribution in [0, 0.1) is 25.5 Å². The van der Waals surface area contributed by atoms with E-state index in [9.17, 15) is 13.6 Å². The summed E-state index contributed by atoms with van der Waals surface area (Å²) in [5.74, 6) is -2.36. The molecule has 0 aliphatic carbocycles. The fourth-order valence-electron chi connectivity index (χ4n) is 2.11. The number of benzene rings is 1. The van der Waals surface area contributed by atoms with E-state index in [4.69, 9.17) is 0 Å². The highest BCUT2D eigenvalue weighted by atomic mass is 19.2. The Bertz CT molecular complexity index is 689. The Morgan fingerprint density at radius 3 is 2.55 bits per heavy atom. The van der Waals surface area contributed by atoms with Crippen LogP contribution >= 0.6 is 0 Å². The van der Waals surface area contributed by atoms with Gasteiger partial charge in [0.05, 0.1) is 0 Å². The summed E-state index contributed by atoms with van der Waals surface area (Å²) >= 11 is 0. The molecule has 0 unspecified atom stereocenters. The number of aromatic nitrogens is 1. The Balaban J connectivity index is 2.33.